The fourth-order valence-electron chi connectivity index (χ4n) is 3.90. The van der Waals surface area contributed by atoms with Crippen LogP contribution in [-0.2, 0) is 26.2 Å². The molecule has 2 amide bonds. The summed E-state index contributed by atoms with van der Waals surface area (Å²) in [6.45, 7) is 6.08. The first-order chi connectivity index (χ1) is 16.8. The number of benzene rings is 2. The fraction of sp³-hybridized carbons (Fsp3) is 0.440. The maximum absolute atomic E-state index is 13.7. The van der Waals surface area contributed by atoms with Crippen LogP contribution in [0.3, 0.4) is 0 Å². The van der Waals surface area contributed by atoms with Crippen LogP contribution in [0, 0.1) is 0 Å². The van der Waals surface area contributed by atoms with Crippen LogP contribution in [0.15, 0.2) is 48.5 Å². The van der Waals surface area contributed by atoms with E-state index >= 15 is 0 Å². The summed E-state index contributed by atoms with van der Waals surface area (Å²) < 4.78 is 38.4. The van der Waals surface area contributed by atoms with E-state index in [9.17, 15) is 18.0 Å². The highest BCUT2D eigenvalue weighted by Gasteiger charge is 2.32. The molecule has 1 atom stereocenters. The van der Waals surface area contributed by atoms with Crippen molar-refractivity contribution in [2.45, 2.75) is 39.8 Å². The first-order valence-electron chi connectivity index (χ1n) is 11.8. The monoisotopic (exact) mass is 503 g/mol. The SMILES string of the molecule is CCNC(=O)C(CC)N(Cc1ccccc1)C(=O)CN(c1ccc2c(c1)OCCO2)S(=O)(=O)CC. The van der Waals surface area contributed by atoms with E-state index < -0.39 is 28.5 Å². The van der Waals surface area contributed by atoms with Gasteiger partial charge in [0.15, 0.2) is 11.5 Å². The van der Waals surface area contributed by atoms with E-state index in [4.69, 9.17) is 9.47 Å². The van der Waals surface area contributed by atoms with Gasteiger partial charge in [-0.05, 0) is 38.0 Å². The third-order valence-corrected chi connectivity index (χ3v) is 7.47. The summed E-state index contributed by atoms with van der Waals surface area (Å²) in [5.41, 5.74) is 1.14. The quantitative estimate of drug-likeness (QED) is 0.505. The van der Waals surface area contributed by atoms with Crippen molar-refractivity contribution >= 4 is 27.5 Å². The molecule has 0 saturated heterocycles. The predicted molar refractivity (Wildman–Crippen MR) is 134 cm³/mol. The minimum atomic E-state index is -3.82. The molecule has 0 spiro atoms. The average molecular weight is 504 g/mol. The molecule has 0 saturated carbocycles. The second kappa shape index (κ2) is 11.9. The van der Waals surface area contributed by atoms with Gasteiger partial charge in [0, 0.05) is 19.2 Å². The van der Waals surface area contributed by atoms with Crippen molar-refractivity contribution in [1.29, 1.82) is 0 Å². The molecule has 2 aromatic rings. The van der Waals surface area contributed by atoms with Crippen molar-refractivity contribution in [2.75, 3.05) is 36.4 Å². The van der Waals surface area contributed by atoms with Gasteiger partial charge in [-0.15, -0.1) is 0 Å². The van der Waals surface area contributed by atoms with Crippen molar-refractivity contribution in [3.63, 3.8) is 0 Å². The van der Waals surface area contributed by atoms with E-state index in [0.29, 0.717) is 43.4 Å². The normalized spacial score (nSPS) is 13.6. The third kappa shape index (κ3) is 6.45. The van der Waals surface area contributed by atoms with Crippen LogP contribution in [0.25, 0.3) is 0 Å². The van der Waals surface area contributed by atoms with Crippen molar-refractivity contribution in [3.8, 4) is 11.5 Å². The molecule has 0 bridgehead atoms. The van der Waals surface area contributed by atoms with Crippen LogP contribution in [-0.4, -0.2) is 63.2 Å². The molecule has 35 heavy (non-hydrogen) atoms. The average Bonchev–Trinajstić information content (AvgIpc) is 2.87. The summed E-state index contributed by atoms with van der Waals surface area (Å²) in [6, 6.07) is 13.4. The number of fused-ring (bicyclic) bond motifs is 1. The Morgan fingerprint density at radius 1 is 1.00 bits per heavy atom. The van der Waals surface area contributed by atoms with Gasteiger partial charge >= 0.3 is 0 Å². The minimum absolute atomic E-state index is 0.177. The lowest BCUT2D eigenvalue weighted by Gasteiger charge is -2.33. The molecule has 0 aliphatic carbocycles. The van der Waals surface area contributed by atoms with Gasteiger partial charge in [-0.2, -0.15) is 0 Å². The molecular formula is C25H33N3O6S. The van der Waals surface area contributed by atoms with Gasteiger partial charge in [-0.1, -0.05) is 37.3 Å². The lowest BCUT2D eigenvalue weighted by atomic mass is 10.1. The highest BCUT2D eigenvalue weighted by Crippen LogP contribution is 2.35. The number of nitrogens with one attached hydrogen (secondary N) is 1. The van der Waals surface area contributed by atoms with E-state index in [1.165, 1.54) is 11.8 Å². The maximum atomic E-state index is 13.7. The number of hydrogen-bond acceptors (Lipinski definition) is 6. The molecule has 10 heteroatoms. The number of carbonyl (C=O) groups is 2. The zero-order valence-corrected chi connectivity index (χ0v) is 21.2. The van der Waals surface area contributed by atoms with Crippen molar-refractivity contribution in [3.05, 3.63) is 54.1 Å². The Labute approximate surface area is 207 Å². The largest absolute Gasteiger partial charge is 0.486 e. The van der Waals surface area contributed by atoms with Gasteiger partial charge in [0.2, 0.25) is 21.8 Å². The van der Waals surface area contributed by atoms with E-state index in [2.05, 4.69) is 5.32 Å². The summed E-state index contributed by atoms with van der Waals surface area (Å²) in [5, 5.41) is 2.78. The number of anilines is 1. The Hall–Kier alpha value is -3.27. The van der Waals surface area contributed by atoms with Crippen molar-refractivity contribution in [1.82, 2.24) is 10.2 Å². The lowest BCUT2D eigenvalue weighted by Crippen LogP contribution is -2.52. The zero-order valence-electron chi connectivity index (χ0n) is 20.4. The van der Waals surface area contributed by atoms with E-state index in [1.807, 2.05) is 44.2 Å². The molecule has 1 unspecified atom stereocenters. The number of amides is 2. The Morgan fingerprint density at radius 3 is 2.31 bits per heavy atom. The molecule has 1 aliphatic heterocycles. The molecule has 1 N–H and O–H groups in total. The first kappa shape index (κ1) is 26.3. The number of ether oxygens (including phenoxy) is 2. The fourth-order valence-corrected chi connectivity index (χ4v) is 4.95. The summed E-state index contributed by atoms with van der Waals surface area (Å²) in [5.74, 6) is 0.00365. The molecule has 2 aromatic carbocycles. The number of likely N-dealkylation sites (N-methyl/N-ethyl adjacent to an activating group) is 1. The number of sulfonamides is 1. The molecule has 190 valence electrons. The summed E-state index contributed by atoms with van der Waals surface area (Å²) in [4.78, 5) is 27.9. The Kier molecular flexibility index (Phi) is 8.97. The lowest BCUT2D eigenvalue weighted by molar-refractivity contribution is -0.140. The highest BCUT2D eigenvalue weighted by atomic mass is 32.2. The molecule has 1 aliphatic rings. The van der Waals surface area contributed by atoms with Crippen LogP contribution < -0.4 is 19.1 Å². The maximum Gasteiger partial charge on any atom is 0.244 e. The smallest absolute Gasteiger partial charge is 0.244 e. The molecule has 1 heterocycles. The van der Waals surface area contributed by atoms with Crippen LogP contribution >= 0.6 is 0 Å². The summed E-state index contributed by atoms with van der Waals surface area (Å²) in [6.07, 6.45) is 0.384. The van der Waals surface area contributed by atoms with E-state index in [-0.39, 0.29) is 18.2 Å². The third-order valence-electron chi connectivity index (χ3n) is 5.73. The van der Waals surface area contributed by atoms with Gasteiger partial charge in [0.05, 0.1) is 11.4 Å². The highest BCUT2D eigenvalue weighted by molar-refractivity contribution is 7.92. The van der Waals surface area contributed by atoms with E-state index in [1.54, 1.807) is 18.2 Å². The van der Waals surface area contributed by atoms with Gasteiger partial charge in [-0.3, -0.25) is 13.9 Å². The second-order valence-electron chi connectivity index (χ2n) is 8.06. The molecule has 3 rings (SSSR count). The number of nitrogens with zero attached hydrogens (tertiary/aromatic N) is 2. The Morgan fingerprint density at radius 2 is 1.69 bits per heavy atom. The van der Waals surface area contributed by atoms with Crippen LogP contribution in [0.4, 0.5) is 5.69 Å². The molecule has 9 nitrogen and oxygen atoms in total. The zero-order chi connectivity index (χ0) is 25.4. The summed E-state index contributed by atoms with van der Waals surface area (Å²) >= 11 is 0. The first-order valence-corrected chi connectivity index (χ1v) is 13.4. The number of carbonyl (C=O) groups excluding carboxylic acids is 2. The van der Waals surface area contributed by atoms with Crippen LogP contribution in [0.2, 0.25) is 0 Å². The van der Waals surface area contributed by atoms with Crippen LogP contribution in [0.1, 0.15) is 32.8 Å². The molecule has 0 radical (unpaired) electrons. The second-order valence-corrected chi connectivity index (χ2v) is 10.2. The van der Waals surface area contributed by atoms with E-state index in [0.717, 1.165) is 9.87 Å². The summed E-state index contributed by atoms with van der Waals surface area (Å²) in [7, 11) is -3.82. The van der Waals surface area contributed by atoms with Gasteiger partial charge in [0.1, 0.15) is 25.8 Å². The number of hydrogen-bond donors (Lipinski definition) is 1. The van der Waals surface area contributed by atoms with Crippen molar-refractivity contribution < 1.29 is 27.5 Å². The van der Waals surface area contributed by atoms with Gasteiger partial charge in [0.25, 0.3) is 0 Å². The Balaban J connectivity index is 1.96. The van der Waals surface area contributed by atoms with Crippen LogP contribution in [0.5, 0.6) is 11.5 Å². The van der Waals surface area contributed by atoms with Crippen molar-refractivity contribution in [2.24, 2.45) is 0 Å². The number of rotatable bonds is 11. The molecule has 0 aromatic heterocycles. The van der Waals surface area contributed by atoms with Gasteiger partial charge < -0.3 is 19.7 Å². The molecular weight excluding hydrogens is 470 g/mol. The topological polar surface area (TPSA) is 105 Å². The standard InChI is InChI=1S/C25H33N3O6S/c1-4-21(25(30)26-5-2)27(17-19-10-8-7-9-11-19)24(29)18-28(35(31,32)6-3)20-12-13-22-23(16-20)34-15-14-33-22/h7-13,16,21H,4-6,14-15,17-18H2,1-3H3,(H,26,30). The minimum Gasteiger partial charge on any atom is -0.486 e. The molecule has 0 fully saturated rings. The predicted octanol–water partition coefficient (Wildman–Crippen LogP) is 2.56. The van der Waals surface area contributed by atoms with Gasteiger partial charge in [-0.25, -0.2) is 8.42 Å². The Bertz CT molecular complexity index is 1120.